The number of likely N-dealkylation sites (tertiary alicyclic amines) is 1. The highest BCUT2D eigenvalue weighted by atomic mass is 32.2. The van der Waals surface area contributed by atoms with E-state index in [1.54, 1.807) is 27.7 Å². The zero-order valence-corrected chi connectivity index (χ0v) is 18.6. The topological polar surface area (TPSA) is 108 Å². The van der Waals surface area contributed by atoms with Crippen LogP contribution in [0.2, 0.25) is 0 Å². The standard InChI is InChI=1S/C20H26N6O4S/c1-21-18(27)12-25-11-16-19(20(28)24-9-8-14(10-24)23(2)3)22-13-26(16)15-6-4-5-7-17(15)31(25,29)30/h4-7,13-14H,8-12H2,1-3H3,(H,21,27). The van der Waals surface area contributed by atoms with Gasteiger partial charge in [0.1, 0.15) is 11.2 Å². The van der Waals surface area contributed by atoms with Crippen LogP contribution in [-0.4, -0.2) is 90.7 Å². The van der Waals surface area contributed by atoms with Gasteiger partial charge in [0, 0.05) is 26.2 Å². The van der Waals surface area contributed by atoms with Crippen LogP contribution in [0.5, 0.6) is 0 Å². The smallest absolute Gasteiger partial charge is 0.274 e. The molecule has 166 valence electrons. The van der Waals surface area contributed by atoms with Crippen molar-refractivity contribution in [2.45, 2.75) is 23.9 Å². The van der Waals surface area contributed by atoms with Gasteiger partial charge in [-0.25, -0.2) is 13.4 Å². The molecule has 1 fully saturated rings. The van der Waals surface area contributed by atoms with Crippen LogP contribution in [0.15, 0.2) is 35.5 Å². The number of hydrogen-bond donors (Lipinski definition) is 1. The molecule has 11 heteroatoms. The molecule has 3 heterocycles. The van der Waals surface area contributed by atoms with E-state index in [0.29, 0.717) is 24.5 Å². The second-order valence-electron chi connectivity index (χ2n) is 7.98. The number of carbonyl (C=O) groups excluding carboxylic acids is 2. The first-order valence-electron chi connectivity index (χ1n) is 10.1. The first kappa shape index (κ1) is 21.5. The van der Waals surface area contributed by atoms with Gasteiger partial charge in [0.05, 0.1) is 24.5 Å². The summed E-state index contributed by atoms with van der Waals surface area (Å²) >= 11 is 0. The molecule has 4 rings (SSSR count). The molecule has 1 atom stereocenters. The Bertz CT molecular complexity index is 1130. The first-order chi connectivity index (χ1) is 14.7. The van der Waals surface area contributed by atoms with Crippen LogP contribution in [0.25, 0.3) is 5.69 Å². The maximum atomic E-state index is 13.3. The molecule has 1 aromatic heterocycles. The number of aromatic nitrogens is 2. The number of likely N-dealkylation sites (N-methyl/N-ethyl adjacent to an activating group) is 2. The third-order valence-electron chi connectivity index (χ3n) is 5.92. The molecule has 2 amide bonds. The summed E-state index contributed by atoms with van der Waals surface area (Å²) in [4.78, 5) is 33.6. The van der Waals surface area contributed by atoms with Crippen LogP contribution in [0.4, 0.5) is 0 Å². The van der Waals surface area contributed by atoms with Crippen LogP contribution in [0.3, 0.4) is 0 Å². The van der Waals surface area contributed by atoms with Crippen molar-refractivity contribution in [2.75, 3.05) is 40.8 Å². The third kappa shape index (κ3) is 3.73. The van der Waals surface area contributed by atoms with Gasteiger partial charge >= 0.3 is 0 Å². The molecule has 1 saturated heterocycles. The summed E-state index contributed by atoms with van der Waals surface area (Å²) in [6.45, 7) is 0.731. The number of rotatable bonds is 4. The molecule has 0 aliphatic carbocycles. The van der Waals surface area contributed by atoms with Crippen molar-refractivity contribution in [3.05, 3.63) is 42.0 Å². The van der Waals surface area contributed by atoms with E-state index < -0.39 is 15.9 Å². The van der Waals surface area contributed by atoms with Crippen LogP contribution in [-0.2, 0) is 21.4 Å². The Morgan fingerprint density at radius 1 is 1.26 bits per heavy atom. The maximum Gasteiger partial charge on any atom is 0.274 e. The number of carbonyl (C=O) groups is 2. The molecule has 0 bridgehead atoms. The number of hydrogen-bond acceptors (Lipinski definition) is 6. The van der Waals surface area contributed by atoms with E-state index >= 15 is 0 Å². The average molecular weight is 447 g/mol. The van der Waals surface area contributed by atoms with Gasteiger partial charge in [-0.05, 0) is 32.6 Å². The van der Waals surface area contributed by atoms with Gasteiger partial charge in [-0.1, -0.05) is 12.1 Å². The van der Waals surface area contributed by atoms with Crippen molar-refractivity contribution in [1.82, 2.24) is 29.0 Å². The Morgan fingerprint density at radius 2 is 2.00 bits per heavy atom. The van der Waals surface area contributed by atoms with E-state index in [2.05, 4.69) is 15.2 Å². The van der Waals surface area contributed by atoms with Crippen molar-refractivity contribution in [3.8, 4) is 5.69 Å². The molecule has 2 aromatic rings. The molecular formula is C20H26N6O4S. The lowest BCUT2D eigenvalue weighted by molar-refractivity contribution is -0.120. The highest BCUT2D eigenvalue weighted by molar-refractivity contribution is 7.89. The Hall–Kier alpha value is -2.76. The normalized spacial score (nSPS) is 20.3. The number of benzene rings is 1. The number of fused-ring (bicyclic) bond motifs is 3. The molecular weight excluding hydrogens is 420 g/mol. The zero-order valence-electron chi connectivity index (χ0n) is 17.8. The largest absolute Gasteiger partial charge is 0.358 e. The van der Waals surface area contributed by atoms with Crippen molar-refractivity contribution in [2.24, 2.45) is 0 Å². The lowest BCUT2D eigenvalue weighted by Gasteiger charge is -2.21. The molecule has 0 spiro atoms. The van der Waals surface area contributed by atoms with Gasteiger partial charge in [0.25, 0.3) is 5.91 Å². The number of imidazole rings is 1. The lowest BCUT2D eigenvalue weighted by Crippen LogP contribution is -2.39. The van der Waals surface area contributed by atoms with Gasteiger partial charge < -0.3 is 15.1 Å². The van der Waals surface area contributed by atoms with Gasteiger partial charge in [-0.2, -0.15) is 4.31 Å². The summed E-state index contributed by atoms with van der Waals surface area (Å²) in [5.41, 5.74) is 1.08. The summed E-state index contributed by atoms with van der Waals surface area (Å²) in [5.74, 6) is -0.662. The van der Waals surface area contributed by atoms with Crippen molar-refractivity contribution >= 4 is 21.8 Å². The Kier molecular flexibility index (Phi) is 5.58. The SMILES string of the molecule is CNC(=O)CN1Cc2c(C(=O)N3CCC(N(C)C)C3)ncn2-c2ccccc2S1(=O)=O. The van der Waals surface area contributed by atoms with E-state index in [1.807, 2.05) is 14.1 Å². The van der Waals surface area contributed by atoms with Crippen molar-refractivity contribution in [3.63, 3.8) is 0 Å². The molecule has 10 nitrogen and oxygen atoms in total. The second-order valence-corrected chi connectivity index (χ2v) is 9.89. The number of para-hydroxylation sites is 1. The van der Waals surface area contributed by atoms with E-state index in [0.717, 1.165) is 10.7 Å². The fourth-order valence-corrected chi connectivity index (χ4v) is 5.59. The minimum absolute atomic E-state index is 0.0721. The second kappa shape index (κ2) is 8.06. The molecule has 1 N–H and O–H groups in total. The minimum atomic E-state index is -3.95. The summed E-state index contributed by atoms with van der Waals surface area (Å²) < 4.78 is 29.4. The molecule has 31 heavy (non-hydrogen) atoms. The van der Waals surface area contributed by atoms with E-state index in [4.69, 9.17) is 0 Å². The van der Waals surface area contributed by atoms with Gasteiger partial charge in [0.15, 0.2) is 5.69 Å². The van der Waals surface area contributed by atoms with Crippen molar-refractivity contribution in [1.29, 1.82) is 0 Å². The van der Waals surface area contributed by atoms with Gasteiger partial charge in [-0.3, -0.25) is 14.2 Å². The van der Waals surface area contributed by atoms with Crippen LogP contribution in [0, 0.1) is 0 Å². The zero-order chi connectivity index (χ0) is 22.3. The molecule has 0 radical (unpaired) electrons. The fourth-order valence-electron chi connectivity index (χ4n) is 4.05. The number of nitrogens with one attached hydrogen (secondary N) is 1. The summed E-state index contributed by atoms with van der Waals surface area (Å²) in [6.07, 6.45) is 2.36. The van der Waals surface area contributed by atoms with Crippen LogP contribution in [0.1, 0.15) is 22.6 Å². The van der Waals surface area contributed by atoms with E-state index in [-0.39, 0.29) is 35.6 Å². The van der Waals surface area contributed by atoms with Crippen LogP contribution >= 0.6 is 0 Å². The Labute approximate surface area is 181 Å². The number of nitrogens with zero attached hydrogens (tertiary/aromatic N) is 5. The summed E-state index contributed by atoms with van der Waals surface area (Å²) in [7, 11) is 1.47. The molecule has 2 aliphatic heterocycles. The fraction of sp³-hybridized carbons (Fsp3) is 0.450. The highest BCUT2D eigenvalue weighted by Gasteiger charge is 2.37. The van der Waals surface area contributed by atoms with Gasteiger partial charge in [-0.15, -0.1) is 0 Å². The highest BCUT2D eigenvalue weighted by Crippen LogP contribution is 2.31. The summed E-state index contributed by atoms with van der Waals surface area (Å²) in [5, 5.41) is 2.46. The van der Waals surface area contributed by atoms with Crippen molar-refractivity contribution < 1.29 is 18.0 Å². The Morgan fingerprint density at radius 3 is 2.68 bits per heavy atom. The lowest BCUT2D eigenvalue weighted by atomic mass is 10.2. The summed E-state index contributed by atoms with van der Waals surface area (Å²) in [6, 6.07) is 6.81. The quantitative estimate of drug-likeness (QED) is 0.703. The predicted molar refractivity (Wildman–Crippen MR) is 113 cm³/mol. The third-order valence-corrected chi connectivity index (χ3v) is 7.76. The maximum absolute atomic E-state index is 13.3. The number of sulfonamides is 1. The van der Waals surface area contributed by atoms with E-state index in [9.17, 15) is 18.0 Å². The first-order valence-corrected chi connectivity index (χ1v) is 11.5. The predicted octanol–water partition coefficient (Wildman–Crippen LogP) is -0.101. The average Bonchev–Trinajstić information content (AvgIpc) is 3.38. The van der Waals surface area contributed by atoms with Crippen LogP contribution < -0.4 is 5.32 Å². The molecule has 2 aliphatic rings. The number of amides is 2. The molecule has 1 unspecified atom stereocenters. The van der Waals surface area contributed by atoms with Gasteiger partial charge in [0.2, 0.25) is 15.9 Å². The molecule has 0 saturated carbocycles. The monoisotopic (exact) mass is 446 g/mol. The Balaban J connectivity index is 1.78. The van der Waals surface area contributed by atoms with E-state index in [1.165, 1.54) is 19.4 Å². The minimum Gasteiger partial charge on any atom is -0.358 e. The molecule has 1 aromatic carbocycles.